The molecule has 0 N–H and O–H groups in total. The smallest absolute Gasteiger partial charge is 0.0812 e. The van der Waals surface area contributed by atoms with Crippen molar-refractivity contribution in [3.05, 3.63) is 0 Å². The van der Waals surface area contributed by atoms with Crippen LogP contribution in [0.5, 0.6) is 0 Å². The zero-order chi connectivity index (χ0) is 19.4. The zero-order valence-electron chi connectivity index (χ0n) is 18.8. The van der Waals surface area contributed by atoms with Crippen molar-refractivity contribution in [3.63, 3.8) is 0 Å². The summed E-state index contributed by atoms with van der Waals surface area (Å²) in [6.45, 7) is 7.26. The average molecular weight is 383 g/mol. The topological polar surface area (TPSA) is 18.5 Å². The van der Waals surface area contributed by atoms with Gasteiger partial charge in [-0.3, -0.25) is 0 Å². The van der Waals surface area contributed by atoms with Gasteiger partial charge >= 0.3 is 0 Å². The van der Waals surface area contributed by atoms with Gasteiger partial charge in [-0.15, -0.1) is 0 Å². The lowest BCUT2D eigenvalue weighted by Crippen LogP contribution is -2.14. The second kappa shape index (κ2) is 19.2. The van der Waals surface area contributed by atoms with Crippen molar-refractivity contribution < 1.29 is 9.47 Å². The molecule has 27 heavy (non-hydrogen) atoms. The molecule has 0 unspecified atom stereocenters. The van der Waals surface area contributed by atoms with Gasteiger partial charge in [0, 0.05) is 13.2 Å². The van der Waals surface area contributed by atoms with Gasteiger partial charge in [0.05, 0.1) is 12.7 Å². The standard InChI is InChI=1S/C25H50O2/c1-3-5-7-9-10-11-12-13-14-15-16-17-19-24-21-25(27-22-24)23-26-20-18-8-6-4-2/h24-25H,3-23H2,1-2H3/t24-,25+/m1/s1. The third kappa shape index (κ3) is 15.5. The van der Waals surface area contributed by atoms with E-state index in [4.69, 9.17) is 9.47 Å². The molecule has 1 saturated heterocycles. The molecule has 0 bridgehead atoms. The Bertz CT molecular complexity index is 292. The molecule has 0 amide bonds. The maximum Gasteiger partial charge on any atom is 0.0812 e. The number of ether oxygens (including phenoxy) is 2. The van der Waals surface area contributed by atoms with Gasteiger partial charge in [-0.05, 0) is 25.2 Å². The molecule has 1 rings (SSSR count). The van der Waals surface area contributed by atoms with Crippen LogP contribution in [0.25, 0.3) is 0 Å². The molecule has 1 aliphatic heterocycles. The van der Waals surface area contributed by atoms with E-state index >= 15 is 0 Å². The highest BCUT2D eigenvalue weighted by atomic mass is 16.5. The van der Waals surface area contributed by atoms with Crippen molar-refractivity contribution in [1.29, 1.82) is 0 Å². The molecule has 1 heterocycles. The molecule has 162 valence electrons. The van der Waals surface area contributed by atoms with Gasteiger partial charge < -0.3 is 9.47 Å². The third-order valence-corrected chi connectivity index (χ3v) is 6.08. The van der Waals surface area contributed by atoms with Gasteiger partial charge in [-0.1, -0.05) is 110 Å². The number of rotatable bonds is 20. The van der Waals surface area contributed by atoms with E-state index in [-0.39, 0.29) is 0 Å². The van der Waals surface area contributed by atoms with Gasteiger partial charge in [0.25, 0.3) is 0 Å². The molecule has 0 spiro atoms. The van der Waals surface area contributed by atoms with Gasteiger partial charge in [0.2, 0.25) is 0 Å². The molecule has 1 fully saturated rings. The highest BCUT2D eigenvalue weighted by Crippen LogP contribution is 2.25. The summed E-state index contributed by atoms with van der Waals surface area (Å²) < 4.78 is 11.7. The minimum absolute atomic E-state index is 0.374. The van der Waals surface area contributed by atoms with Crippen molar-refractivity contribution in [1.82, 2.24) is 0 Å². The van der Waals surface area contributed by atoms with Crippen molar-refractivity contribution in [2.75, 3.05) is 19.8 Å². The zero-order valence-corrected chi connectivity index (χ0v) is 18.8. The van der Waals surface area contributed by atoms with E-state index in [1.54, 1.807) is 0 Å². The van der Waals surface area contributed by atoms with Gasteiger partial charge in [0.1, 0.15) is 0 Å². The molecule has 2 nitrogen and oxygen atoms in total. The fourth-order valence-corrected chi connectivity index (χ4v) is 4.22. The van der Waals surface area contributed by atoms with Crippen LogP contribution in [0, 0.1) is 5.92 Å². The van der Waals surface area contributed by atoms with Crippen LogP contribution in [0.4, 0.5) is 0 Å². The largest absolute Gasteiger partial charge is 0.379 e. The molecule has 0 saturated carbocycles. The Morgan fingerprint density at radius 3 is 1.78 bits per heavy atom. The van der Waals surface area contributed by atoms with Gasteiger partial charge in [0.15, 0.2) is 0 Å². The van der Waals surface area contributed by atoms with E-state index in [9.17, 15) is 0 Å². The highest BCUT2D eigenvalue weighted by molar-refractivity contribution is 4.73. The van der Waals surface area contributed by atoms with Crippen LogP contribution in [-0.4, -0.2) is 25.9 Å². The first kappa shape index (κ1) is 25.0. The summed E-state index contributed by atoms with van der Waals surface area (Å²) in [4.78, 5) is 0. The van der Waals surface area contributed by atoms with Gasteiger partial charge in [-0.2, -0.15) is 0 Å². The average Bonchev–Trinajstić information content (AvgIpc) is 3.13. The first-order chi connectivity index (χ1) is 13.4. The Morgan fingerprint density at radius 2 is 1.19 bits per heavy atom. The summed E-state index contributed by atoms with van der Waals surface area (Å²) in [6.07, 6.45) is 25.4. The van der Waals surface area contributed by atoms with Crippen LogP contribution in [0.15, 0.2) is 0 Å². The molecular formula is C25H50O2. The lowest BCUT2D eigenvalue weighted by atomic mass is 9.97. The molecule has 0 radical (unpaired) electrons. The van der Waals surface area contributed by atoms with Crippen LogP contribution in [0.2, 0.25) is 0 Å². The summed E-state index contributed by atoms with van der Waals surface area (Å²) in [5, 5.41) is 0. The lowest BCUT2D eigenvalue weighted by Gasteiger charge is -2.10. The minimum atomic E-state index is 0.374. The Morgan fingerprint density at radius 1 is 0.667 bits per heavy atom. The Kier molecular flexibility index (Phi) is 17.8. The summed E-state index contributed by atoms with van der Waals surface area (Å²) in [6, 6.07) is 0. The van der Waals surface area contributed by atoms with Crippen molar-refractivity contribution in [2.45, 2.75) is 136 Å². The van der Waals surface area contributed by atoms with Crippen molar-refractivity contribution in [2.24, 2.45) is 5.92 Å². The SMILES string of the molecule is CCCCCCCCCCCCCC[C@H]1CO[C@H](COCCCCCC)C1. The van der Waals surface area contributed by atoms with Crippen molar-refractivity contribution in [3.8, 4) is 0 Å². The van der Waals surface area contributed by atoms with E-state index in [2.05, 4.69) is 13.8 Å². The second-order valence-corrected chi connectivity index (χ2v) is 8.87. The molecule has 0 aromatic heterocycles. The summed E-state index contributed by atoms with van der Waals surface area (Å²) in [7, 11) is 0. The minimum Gasteiger partial charge on any atom is -0.379 e. The molecular weight excluding hydrogens is 332 g/mol. The third-order valence-electron chi connectivity index (χ3n) is 6.08. The molecule has 2 heteroatoms. The van der Waals surface area contributed by atoms with Crippen LogP contribution in [-0.2, 0) is 9.47 Å². The number of unbranched alkanes of at least 4 members (excludes halogenated alkanes) is 14. The maximum atomic E-state index is 5.93. The van der Waals surface area contributed by atoms with E-state index in [0.29, 0.717) is 6.10 Å². The normalized spacial score (nSPS) is 19.8. The van der Waals surface area contributed by atoms with E-state index in [1.807, 2.05) is 0 Å². The molecule has 0 aromatic rings. The van der Waals surface area contributed by atoms with E-state index in [0.717, 1.165) is 25.7 Å². The molecule has 0 aromatic carbocycles. The van der Waals surface area contributed by atoms with Crippen LogP contribution < -0.4 is 0 Å². The highest BCUT2D eigenvalue weighted by Gasteiger charge is 2.24. The van der Waals surface area contributed by atoms with Crippen LogP contribution >= 0.6 is 0 Å². The molecule has 2 atom stereocenters. The quantitative estimate of drug-likeness (QED) is 0.198. The summed E-state index contributed by atoms with van der Waals surface area (Å²) in [5.41, 5.74) is 0. The van der Waals surface area contributed by atoms with Crippen LogP contribution in [0.3, 0.4) is 0 Å². The fourth-order valence-electron chi connectivity index (χ4n) is 4.22. The lowest BCUT2D eigenvalue weighted by molar-refractivity contribution is 0.0153. The maximum absolute atomic E-state index is 5.93. The van der Waals surface area contributed by atoms with Gasteiger partial charge in [-0.25, -0.2) is 0 Å². The first-order valence-corrected chi connectivity index (χ1v) is 12.6. The fraction of sp³-hybridized carbons (Fsp3) is 1.00. The Hall–Kier alpha value is -0.0800. The molecule has 1 aliphatic rings. The number of hydrogen-bond acceptors (Lipinski definition) is 2. The number of hydrogen-bond donors (Lipinski definition) is 0. The molecule has 0 aliphatic carbocycles. The summed E-state index contributed by atoms with van der Waals surface area (Å²) in [5.74, 6) is 0.793. The second-order valence-electron chi connectivity index (χ2n) is 8.87. The Labute approximate surface area is 171 Å². The predicted molar refractivity (Wildman–Crippen MR) is 119 cm³/mol. The summed E-state index contributed by atoms with van der Waals surface area (Å²) >= 11 is 0. The van der Waals surface area contributed by atoms with Crippen molar-refractivity contribution >= 4 is 0 Å². The predicted octanol–water partition coefficient (Wildman–Crippen LogP) is 8.08. The van der Waals surface area contributed by atoms with Crippen LogP contribution in [0.1, 0.15) is 129 Å². The first-order valence-electron chi connectivity index (χ1n) is 12.6. The van der Waals surface area contributed by atoms with E-state index < -0.39 is 0 Å². The monoisotopic (exact) mass is 382 g/mol. The Balaban J connectivity index is 1.79. The van der Waals surface area contributed by atoms with E-state index in [1.165, 1.54) is 116 Å².